The van der Waals surface area contributed by atoms with Crippen LogP contribution in [-0.2, 0) is 6.42 Å². The van der Waals surface area contributed by atoms with Gasteiger partial charge in [0.2, 0.25) is 5.88 Å². The molecule has 0 aliphatic heterocycles. The van der Waals surface area contributed by atoms with Crippen molar-refractivity contribution >= 4 is 5.82 Å². The van der Waals surface area contributed by atoms with Crippen LogP contribution in [0.2, 0.25) is 0 Å². The van der Waals surface area contributed by atoms with Crippen LogP contribution in [0.5, 0.6) is 5.88 Å². The van der Waals surface area contributed by atoms with Crippen molar-refractivity contribution in [3.05, 3.63) is 42.0 Å². The van der Waals surface area contributed by atoms with E-state index in [0.717, 1.165) is 30.0 Å². The van der Waals surface area contributed by atoms with Gasteiger partial charge in [-0.25, -0.2) is 9.97 Å². The molecule has 0 radical (unpaired) electrons. The van der Waals surface area contributed by atoms with E-state index in [1.165, 1.54) is 6.33 Å². The van der Waals surface area contributed by atoms with E-state index < -0.39 is 0 Å². The highest BCUT2D eigenvalue weighted by molar-refractivity contribution is 5.47. The van der Waals surface area contributed by atoms with Crippen LogP contribution in [0.3, 0.4) is 0 Å². The first-order valence-corrected chi connectivity index (χ1v) is 6.39. The first-order chi connectivity index (χ1) is 9.31. The number of pyridine rings is 1. The van der Waals surface area contributed by atoms with Gasteiger partial charge in [-0.15, -0.1) is 0 Å². The molecule has 0 unspecified atom stereocenters. The van der Waals surface area contributed by atoms with Crippen molar-refractivity contribution in [3.63, 3.8) is 0 Å². The third-order valence-corrected chi connectivity index (χ3v) is 2.71. The number of ether oxygens (including phenoxy) is 1. The fraction of sp³-hybridized carbons (Fsp3) is 0.357. The van der Waals surface area contributed by atoms with Gasteiger partial charge < -0.3 is 10.1 Å². The molecule has 100 valence electrons. The highest BCUT2D eigenvalue weighted by atomic mass is 16.5. The van der Waals surface area contributed by atoms with Gasteiger partial charge >= 0.3 is 0 Å². The molecule has 0 aromatic carbocycles. The molecular formula is C14H18N4O. The Kier molecular flexibility index (Phi) is 4.66. The van der Waals surface area contributed by atoms with E-state index in [1.807, 2.05) is 32.0 Å². The predicted octanol–water partition coefficient (Wildman–Crippen LogP) is 2.23. The van der Waals surface area contributed by atoms with Gasteiger partial charge in [-0.05, 0) is 26.0 Å². The maximum absolute atomic E-state index is 5.70. The van der Waals surface area contributed by atoms with Crippen LogP contribution in [0.1, 0.15) is 18.2 Å². The van der Waals surface area contributed by atoms with Crippen molar-refractivity contribution in [1.82, 2.24) is 15.0 Å². The topological polar surface area (TPSA) is 59.9 Å². The first-order valence-electron chi connectivity index (χ1n) is 6.39. The van der Waals surface area contributed by atoms with E-state index in [0.29, 0.717) is 12.5 Å². The molecule has 0 aliphatic rings. The summed E-state index contributed by atoms with van der Waals surface area (Å²) in [6.07, 6.45) is 4.07. The zero-order valence-electron chi connectivity index (χ0n) is 11.3. The minimum absolute atomic E-state index is 0.556. The van der Waals surface area contributed by atoms with E-state index >= 15 is 0 Å². The molecular weight excluding hydrogens is 240 g/mol. The number of anilines is 1. The van der Waals surface area contributed by atoms with Gasteiger partial charge in [0.15, 0.2) is 0 Å². The molecule has 0 saturated heterocycles. The molecule has 2 aromatic rings. The Morgan fingerprint density at radius 1 is 1.21 bits per heavy atom. The van der Waals surface area contributed by atoms with Crippen molar-refractivity contribution in [3.8, 4) is 5.88 Å². The molecule has 5 nitrogen and oxygen atoms in total. The van der Waals surface area contributed by atoms with Crippen molar-refractivity contribution in [2.24, 2.45) is 0 Å². The first kappa shape index (κ1) is 13.3. The summed E-state index contributed by atoms with van der Waals surface area (Å²) in [7, 11) is 0. The second-order valence-corrected chi connectivity index (χ2v) is 4.10. The lowest BCUT2D eigenvalue weighted by atomic mass is 10.3. The molecule has 2 rings (SSSR count). The van der Waals surface area contributed by atoms with Crippen LogP contribution in [0, 0.1) is 6.92 Å². The van der Waals surface area contributed by atoms with E-state index in [4.69, 9.17) is 4.74 Å². The Bertz CT molecular complexity index is 516. The lowest BCUT2D eigenvalue weighted by molar-refractivity contribution is 0.305. The molecule has 1 N–H and O–H groups in total. The lowest BCUT2D eigenvalue weighted by Crippen LogP contribution is -2.08. The molecule has 0 aliphatic carbocycles. The molecule has 0 saturated carbocycles. The summed E-state index contributed by atoms with van der Waals surface area (Å²) in [4.78, 5) is 12.6. The standard InChI is InChI=1S/C14H18N4O/c1-3-15-13-11(2)14(18-10-17-13)19-9-7-12-6-4-5-8-16-12/h4-6,8,10H,3,7,9H2,1-2H3,(H,15,17,18). The van der Waals surface area contributed by atoms with Gasteiger partial charge in [0.05, 0.1) is 12.2 Å². The van der Waals surface area contributed by atoms with E-state index in [1.54, 1.807) is 6.20 Å². The average Bonchev–Trinajstić information content (AvgIpc) is 2.44. The lowest BCUT2D eigenvalue weighted by Gasteiger charge is -2.11. The number of hydrogen-bond donors (Lipinski definition) is 1. The summed E-state index contributed by atoms with van der Waals surface area (Å²) in [6.45, 7) is 5.36. The van der Waals surface area contributed by atoms with Crippen LogP contribution >= 0.6 is 0 Å². The number of aromatic nitrogens is 3. The molecule has 0 amide bonds. The van der Waals surface area contributed by atoms with Gasteiger partial charge in [0.1, 0.15) is 12.1 Å². The Hall–Kier alpha value is -2.17. The maximum Gasteiger partial charge on any atom is 0.221 e. The summed E-state index contributed by atoms with van der Waals surface area (Å²) in [6, 6.07) is 5.86. The molecule has 0 spiro atoms. The number of hydrogen-bond acceptors (Lipinski definition) is 5. The van der Waals surface area contributed by atoms with Crippen molar-refractivity contribution < 1.29 is 4.74 Å². The Balaban J connectivity index is 1.94. The maximum atomic E-state index is 5.70. The highest BCUT2D eigenvalue weighted by Gasteiger charge is 2.07. The SMILES string of the molecule is CCNc1ncnc(OCCc2ccccn2)c1C. The fourth-order valence-corrected chi connectivity index (χ4v) is 1.72. The molecule has 5 heteroatoms. The van der Waals surface area contributed by atoms with Gasteiger partial charge in [-0.3, -0.25) is 4.98 Å². The molecule has 2 aromatic heterocycles. The van der Waals surface area contributed by atoms with E-state index in [2.05, 4.69) is 20.3 Å². The van der Waals surface area contributed by atoms with E-state index in [9.17, 15) is 0 Å². The largest absolute Gasteiger partial charge is 0.477 e. The van der Waals surface area contributed by atoms with Crippen molar-refractivity contribution in [2.45, 2.75) is 20.3 Å². The predicted molar refractivity (Wildman–Crippen MR) is 74.4 cm³/mol. The second-order valence-electron chi connectivity index (χ2n) is 4.10. The number of nitrogens with one attached hydrogen (secondary N) is 1. The number of rotatable bonds is 6. The molecule has 19 heavy (non-hydrogen) atoms. The average molecular weight is 258 g/mol. The van der Waals surface area contributed by atoms with E-state index in [-0.39, 0.29) is 0 Å². The second kappa shape index (κ2) is 6.68. The van der Waals surface area contributed by atoms with Gasteiger partial charge in [0.25, 0.3) is 0 Å². The molecule has 0 atom stereocenters. The molecule has 0 fully saturated rings. The summed E-state index contributed by atoms with van der Waals surface area (Å²) in [5, 5.41) is 3.18. The Morgan fingerprint density at radius 3 is 2.84 bits per heavy atom. The number of nitrogens with zero attached hydrogens (tertiary/aromatic N) is 3. The van der Waals surface area contributed by atoms with Gasteiger partial charge in [-0.1, -0.05) is 6.07 Å². The summed E-state index contributed by atoms with van der Waals surface area (Å²) < 4.78 is 5.70. The summed E-state index contributed by atoms with van der Waals surface area (Å²) in [5.41, 5.74) is 1.95. The third-order valence-electron chi connectivity index (χ3n) is 2.71. The molecule has 0 bridgehead atoms. The van der Waals surface area contributed by atoms with Crippen LogP contribution in [0.4, 0.5) is 5.82 Å². The minimum Gasteiger partial charge on any atom is -0.477 e. The van der Waals surface area contributed by atoms with Crippen LogP contribution < -0.4 is 10.1 Å². The Morgan fingerprint density at radius 2 is 2.11 bits per heavy atom. The van der Waals surface area contributed by atoms with Crippen LogP contribution in [0.15, 0.2) is 30.7 Å². The van der Waals surface area contributed by atoms with Crippen LogP contribution in [-0.4, -0.2) is 28.1 Å². The summed E-state index contributed by atoms with van der Waals surface area (Å²) >= 11 is 0. The zero-order valence-corrected chi connectivity index (χ0v) is 11.3. The van der Waals surface area contributed by atoms with Crippen molar-refractivity contribution in [2.75, 3.05) is 18.5 Å². The highest BCUT2D eigenvalue weighted by Crippen LogP contribution is 2.20. The quantitative estimate of drug-likeness (QED) is 0.861. The minimum atomic E-state index is 0.556. The van der Waals surface area contributed by atoms with Gasteiger partial charge in [-0.2, -0.15) is 0 Å². The smallest absolute Gasteiger partial charge is 0.221 e. The fourth-order valence-electron chi connectivity index (χ4n) is 1.72. The third kappa shape index (κ3) is 3.64. The Labute approximate surface area is 113 Å². The van der Waals surface area contributed by atoms with Crippen LogP contribution in [0.25, 0.3) is 0 Å². The zero-order chi connectivity index (χ0) is 13.5. The van der Waals surface area contributed by atoms with Crippen molar-refractivity contribution in [1.29, 1.82) is 0 Å². The summed E-state index contributed by atoms with van der Waals surface area (Å²) in [5.74, 6) is 1.45. The normalized spacial score (nSPS) is 10.2. The van der Waals surface area contributed by atoms with Gasteiger partial charge in [0, 0.05) is 24.9 Å². The monoisotopic (exact) mass is 258 g/mol. The molecule has 2 heterocycles.